The molecule has 8 heteroatoms. The molecule has 0 aliphatic rings. The lowest BCUT2D eigenvalue weighted by molar-refractivity contribution is 0.0827. The number of aromatic nitrogens is 4. The number of fused-ring (bicyclic) bond motifs is 1. The molecule has 0 aliphatic carbocycles. The number of rotatable bonds is 5. The van der Waals surface area contributed by atoms with E-state index in [4.69, 9.17) is 0 Å². The molecule has 0 spiro atoms. The molecule has 1 N–H and O–H groups in total. The Balaban J connectivity index is 1.62. The maximum absolute atomic E-state index is 14.0. The summed E-state index contributed by atoms with van der Waals surface area (Å²) < 4.78 is 15.7. The van der Waals surface area contributed by atoms with Crippen LogP contribution in [-0.4, -0.2) is 44.7 Å². The lowest BCUT2D eigenvalue weighted by Crippen LogP contribution is -2.21. The van der Waals surface area contributed by atoms with Crippen molar-refractivity contribution in [3.8, 4) is 0 Å². The van der Waals surface area contributed by atoms with Gasteiger partial charge in [0.15, 0.2) is 0 Å². The van der Waals surface area contributed by atoms with Crippen molar-refractivity contribution < 1.29 is 9.18 Å². The fraction of sp³-hybridized carbons (Fsp3) is 0.143. The van der Waals surface area contributed by atoms with Gasteiger partial charge in [0.1, 0.15) is 17.5 Å². The van der Waals surface area contributed by atoms with Gasteiger partial charge < -0.3 is 10.2 Å². The van der Waals surface area contributed by atoms with Crippen LogP contribution in [0.1, 0.15) is 15.9 Å². The lowest BCUT2D eigenvalue weighted by atomic mass is 10.2. The molecule has 1 aromatic carbocycles. The Morgan fingerprint density at radius 3 is 2.69 bits per heavy atom. The van der Waals surface area contributed by atoms with Crippen molar-refractivity contribution in [3.05, 3.63) is 78.0 Å². The van der Waals surface area contributed by atoms with Crippen LogP contribution in [0.2, 0.25) is 0 Å². The van der Waals surface area contributed by atoms with Gasteiger partial charge in [-0.15, -0.1) is 0 Å². The van der Waals surface area contributed by atoms with Crippen LogP contribution in [0.4, 0.5) is 16.0 Å². The van der Waals surface area contributed by atoms with E-state index in [0.717, 1.165) is 10.9 Å². The zero-order valence-electron chi connectivity index (χ0n) is 16.0. The van der Waals surface area contributed by atoms with Crippen LogP contribution >= 0.6 is 0 Å². The summed E-state index contributed by atoms with van der Waals surface area (Å²) in [6, 6.07) is 11.8. The first-order valence-corrected chi connectivity index (χ1v) is 9.01. The van der Waals surface area contributed by atoms with Crippen molar-refractivity contribution in [2.24, 2.45) is 0 Å². The minimum Gasteiger partial charge on any atom is -0.345 e. The number of nitrogens with one attached hydrogen (secondary N) is 1. The van der Waals surface area contributed by atoms with Crippen LogP contribution in [0.5, 0.6) is 0 Å². The Bertz CT molecular complexity index is 1190. The minimum atomic E-state index is -0.268. The van der Waals surface area contributed by atoms with Gasteiger partial charge in [-0.25, -0.2) is 14.4 Å². The van der Waals surface area contributed by atoms with Gasteiger partial charge in [0.2, 0.25) is 0 Å². The predicted octanol–water partition coefficient (Wildman–Crippen LogP) is 3.46. The zero-order chi connectivity index (χ0) is 20.4. The third-order valence-corrected chi connectivity index (χ3v) is 4.47. The average molecular weight is 390 g/mol. The molecular weight excluding hydrogens is 371 g/mol. The van der Waals surface area contributed by atoms with Crippen molar-refractivity contribution in [2.45, 2.75) is 6.54 Å². The van der Waals surface area contributed by atoms with Crippen molar-refractivity contribution >= 4 is 28.4 Å². The summed E-state index contributed by atoms with van der Waals surface area (Å²) in [4.78, 5) is 22.3. The second kappa shape index (κ2) is 7.67. The molecule has 4 rings (SSSR count). The molecule has 0 aliphatic heterocycles. The molecule has 0 radical (unpaired) electrons. The highest BCUT2D eigenvalue weighted by atomic mass is 19.1. The van der Waals surface area contributed by atoms with E-state index >= 15 is 0 Å². The molecule has 7 nitrogen and oxygen atoms in total. The number of benzene rings is 1. The number of hydrogen-bond acceptors (Lipinski definition) is 5. The smallest absolute Gasteiger partial charge is 0.253 e. The third-order valence-electron chi connectivity index (χ3n) is 4.47. The Kier molecular flexibility index (Phi) is 4.90. The quantitative estimate of drug-likeness (QED) is 0.565. The fourth-order valence-corrected chi connectivity index (χ4v) is 2.98. The van der Waals surface area contributed by atoms with Crippen molar-refractivity contribution in [2.75, 3.05) is 19.4 Å². The van der Waals surface area contributed by atoms with Gasteiger partial charge in [0.25, 0.3) is 5.91 Å². The van der Waals surface area contributed by atoms with Crippen LogP contribution in [0.15, 0.2) is 61.1 Å². The predicted molar refractivity (Wildman–Crippen MR) is 109 cm³/mol. The van der Waals surface area contributed by atoms with Crippen LogP contribution in [-0.2, 0) is 6.54 Å². The van der Waals surface area contributed by atoms with Gasteiger partial charge in [0.05, 0.1) is 18.3 Å². The van der Waals surface area contributed by atoms with E-state index in [-0.39, 0.29) is 11.7 Å². The first-order chi connectivity index (χ1) is 14.0. The first-order valence-electron chi connectivity index (χ1n) is 9.01. The molecular formula is C21H19FN6O. The summed E-state index contributed by atoms with van der Waals surface area (Å²) in [6.07, 6.45) is 4.96. The van der Waals surface area contributed by atoms with Crippen molar-refractivity contribution in [1.82, 2.24) is 24.6 Å². The van der Waals surface area contributed by atoms with Crippen LogP contribution in [0.3, 0.4) is 0 Å². The topological polar surface area (TPSA) is 75.9 Å². The number of carbonyl (C=O) groups excluding carboxylic acids is 1. The van der Waals surface area contributed by atoms with Crippen LogP contribution in [0.25, 0.3) is 10.9 Å². The van der Waals surface area contributed by atoms with E-state index in [9.17, 15) is 9.18 Å². The molecule has 0 atom stereocenters. The third kappa shape index (κ3) is 3.91. The highest BCUT2D eigenvalue weighted by Crippen LogP contribution is 2.21. The summed E-state index contributed by atoms with van der Waals surface area (Å²) in [7, 11) is 3.39. The summed E-state index contributed by atoms with van der Waals surface area (Å²) in [5.74, 6) is 0.677. The number of amides is 1. The van der Waals surface area contributed by atoms with E-state index in [0.29, 0.717) is 29.3 Å². The van der Waals surface area contributed by atoms with E-state index in [1.807, 2.05) is 6.07 Å². The number of pyridine rings is 2. The van der Waals surface area contributed by atoms with Crippen molar-refractivity contribution in [3.63, 3.8) is 0 Å². The Hall–Kier alpha value is -3.81. The largest absolute Gasteiger partial charge is 0.345 e. The molecule has 0 saturated carbocycles. The Morgan fingerprint density at radius 1 is 1.10 bits per heavy atom. The second-order valence-electron chi connectivity index (χ2n) is 6.78. The maximum atomic E-state index is 14.0. The Morgan fingerprint density at radius 2 is 1.90 bits per heavy atom. The molecule has 146 valence electrons. The number of carbonyl (C=O) groups is 1. The number of hydrogen-bond donors (Lipinski definition) is 1. The molecule has 0 fully saturated rings. The molecule has 4 aromatic rings. The van der Waals surface area contributed by atoms with E-state index in [1.54, 1.807) is 67.7 Å². The lowest BCUT2D eigenvalue weighted by Gasteiger charge is -2.11. The Labute approximate surface area is 166 Å². The molecule has 29 heavy (non-hydrogen) atoms. The standard InChI is InChI=1S/C21H19FN6O/c1-27(2)21(29)14-7-8-23-19(9-14)26-20-10-18-16(11-24-20)12-25-28(18)13-15-5-3-4-6-17(15)22/h3-12H,13H2,1-2H3,(H,23,24,26). The van der Waals surface area contributed by atoms with Gasteiger partial charge in [-0.1, -0.05) is 18.2 Å². The van der Waals surface area contributed by atoms with E-state index in [2.05, 4.69) is 20.4 Å². The summed E-state index contributed by atoms with van der Waals surface area (Å²) >= 11 is 0. The number of nitrogens with zero attached hydrogens (tertiary/aromatic N) is 5. The summed E-state index contributed by atoms with van der Waals surface area (Å²) in [5, 5.41) is 8.31. The highest BCUT2D eigenvalue weighted by Gasteiger charge is 2.11. The molecule has 1 amide bonds. The average Bonchev–Trinajstić information content (AvgIpc) is 3.11. The van der Waals surface area contributed by atoms with Gasteiger partial charge in [0, 0.05) is 49.1 Å². The molecule has 3 aromatic heterocycles. The van der Waals surface area contributed by atoms with Crippen LogP contribution < -0.4 is 5.32 Å². The first kappa shape index (κ1) is 18.5. The van der Waals surface area contributed by atoms with Gasteiger partial charge in [-0.05, 0) is 18.2 Å². The SMILES string of the molecule is CN(C)C(=O)c1ccnc(Nc2cc3c(cn2)cnn3Cc2ccccc2F)c1. The summed E-state index contributed by atoms with van der Waals surface area (Å²) in [5.41, 5.74) is 1.89. The van der Waals surface area contributed by atoms with E-state index < -0.39 is 0 Å². The van der Waals surface area contributed by atoms with Crippen LogP contribution in [0, 0.1) is 5.82 Å². The highest BCUT2D eigenvalue weighted by molar-refractivity contribution is 5.94. The van der Waals surface area contributed by atoms with Gasteiger partial charge >= 0.3 is 0 Å². The second-order valence-corrected chi connectivity index (χ2v) is 6.78. The molecule has 0 unspecified atom stereocenters. The maximum Gasteiger partial charge on any atom is 0.253 e. The molecule has 0 bridgehead atoms. The fourth-order valence-electron chi connectivity index (χ4n) is 2.98. The van der Waals surface area contributed by atoms with Gasteiger partial charge in [-0.3, -0.25) is 9.48 Å². The van der Waals surface area contributed by atoms with Gasteiger partial charge in [-0.2, -0.15) is 5.10 Å². The molecule has 3 heterocycles. The summed E-state index contributed by atoms with van der Waals surface area (Å²) in [6.45, 7) is 0.310. The minimum absolute atomic E-state index is 0.109. The molecule has 0 saturated heterocycles. The zero-order valence-corrected chi connectivity index (χ0v) is 16.0. The normalized spacial score (nSPS) is 10.9. The van der Waals surface area contributed by atoms with E-state index in [1.165, 1.54) is 11.0 Å². The number of halogens is 1. The van der Waals surface area contributed by atoms with Crippen molar-refractivity contribution in [1.29, 1.82) is 0 Å². The number of anilines is 2. The monoisotopic (exact) mass is 390 g/mol.